The number of nitrogens with zero attached hydrogens (tertiary/aromatic N) is 1. The Morgan fingerprint density at radius 3 is 2.52 bits per heavy atom. The molecule has 0 aliphatic carbocycles. The standard InChI is InChI=1S/C17H29N3O6Si/c1-17(2,3)27(4,5)26-14-10(8-13(22)23)11(9-18)25-15(14)20-7-6-12(21)19-16(20)24/h6-7,10-11,14-15H,8-9,18H2,1-5H3,(H,22,23)(H,19,21,24)/t10-,11-,14-,15-/m1/s1. The number of aromatic nitrogens is 2. The van der Waals surface area contributed by atoms with Crippen molar-refractivity contribution < 1.29 is 19.1 Å². The first-order chi connectivity index (χ1) is 12.4. The Balaban J connectivity index is 2.50. The molecular formula is C17H29N3O6Si. The van der Waals surface area contributed by atoms with Crippen LogP contribution in [0.3, 0.4) is 0 Å². The van der Waals surface area contributed by atoms with Gasteiger partial charge in [-0.2, -0.15) is 0 Å². The lowest BCUT2D eigenvalue weighted by Gasteiger charge is -2.40. The van der Waals surface area contributed by atoms with Crippen molar-refractivity contribution in [3.63, 3.8) is 0 Å². The van der Waals surface area contributed by atoms with Crippen LogP contribution < -0.4 is 17.0 Å². The minimum Gasteiger partial charge on any atom is -0.481 e. The predicted molar refractivity (Wildman–Crippen MR) is 102 cm³/mol. The van der Waals surface area contributed by atoms with E-state index in [9.17, 15) is 19.5 Å². The van der Waals surface area contributed by atoms with Crippen molar-refractivity contribution >= 4 is 14.3 Å². The van der Waals surface area contributed by atoms with Crippen molar-refractivity contribution in [3.8, 4) is 0 Å². The molecule has 1 aliphatic rings. The molecule has 152 valence electrons. The highest BCUT2D eigenvalue weighted by Crippen LogP contribution is 2.44. The van der Waals surface area contributed by atoms with Crippen molar-refractivity contribution in [3.05, 3.63) is 33.1 Å². The second kappa shape index (κ2) is 7.70. The number of hydrogen-bond donors (Lipinski definition) is 3. The first-order valence-electron chi connectivity index (χ1n) is 8.94. The zero-order valence-corrected chi connectivity index (χ0v) is 17.4. The Morgan fingerprint density at radius 2 is 2.04 bits per heavy atom. The molecule has 2 rings (SSSR count). The molecule has 27 heavy (non-hydrogen) atoms. The van der Waals surface area contributed by atoms with Crippen LogP contribution in [0.2, 0.25) is 18.1 Å². The van der Waals surface area contributed by atoms with Crippen molar-refractivity contribution in [1.82, 2.24) is 9.55 Å². The topological polar surface area (TPSA) is 137 Å². The quantitative estimate of drug-likeness (QED) is 0.604. The van der Waals surface area contributed by atoms with Crippen LogP contribution in [0.1, 0.15) is 33.4 Å². The number of carboxylic acid groups (broad SMARTS) is 1. The van der Waals surface area contributed by atoms with E-state index >= 15 is 0 Å². The molecule has 0 unspecified atom stereocenters. The lowest BCUT2D eigenvalue weighted by molar-refractivity contribution is -0.139. The van der Waals surface area contributed by atoms with E-state index in [0.717, 1.165) is 0 Å². The molecule has 2 heterocycles. The van der Waals surface area contributed by atoms with Gasteiger partial charge in [-0.05, 0) is 18.1 Å². The first kappa shape index (κ1) is 21.5. The number of ether oxygens (including phenoxy) is 1. The summed E-state index contributed by atoms with van der Waals surface area (Å²) >= 11 is 0. The summed E-state index contributed by atoms with van der Waals surface area (Å²) < 4.78 is 13.7. The molecule has 0 saturated carbocycles. The summed E-state index contributed by atoms with van der Waals surface area (Å²) in [4.78, 5) is 37.3. The number of aliphatic carboxylic acids is 1. The molecular weight excluding hydrogens is 370 g/mol. The Kier molecular flexibility index (Phi) is 6.15. The van der Waals surface area contributed by atoms with Crippen LogP contribution in [0.25, 0.3) is 0 Å². The number of hydrogen-bond acceptors (Lipinski definition) is 6. The van der Waals surface area contributed by atoms with Crippen molar-refractivity contribution in [2.75, 3.05) is 6.54 Å². The number of aromatic amines is 1. The molecule has 1 aromatic heterocycles. The third-order valence-electron chi connectivity index (χ3n) is 5.50. The Labute approximate surface area is 158 Å². The van der Waals surface area contributed by atoms with Crippen LogP contribution in [0, 0.1) is 5.92 Å². The number of nitrogens with one attached hydrogen (secondary N) is 1. The van der Waals surface area contributed by atoms with Gasteiger partial charge in [0.25, 0.3) is 5.56 Å². The summed E-state index contributed by atoms with van der Waals surface area (Å²) in [5.41, 5.74) is 4.65. The van der Waals surface area contributed by atoms with E-state index in [0.29, 0.717) is 0 Å². The number of nitrogens with two attached hydrogens (primary N) is 1. The molecule has 0 amide bonds. The number of carboxylic acids is 1. The highest BCUT2D eigenvalue weighted by Gasteiger charge is 2.51. The number of H-pyrrole nitrogens is 1. The minimum absolute atomic E-state index is 0.101. The average molecular weight is 400 g/mol. The molecule has 1 aromatic rings. The van der Waals surface area contributed by atoms with Crippen LogP contribution in [0.15, 0.2) is 21.9 Å². The molecule has 0 spiro atoms. The van der Waals surface area contributed by atoms with Gasteiger partial charge in [0.05, 0.1) is 18.6 Å². The molecule has 0 bridgehead atoms. The zero-order chi connectivity index (χ0) is 20.6. The van der Waals surface area contributed by atoms with Gasteiger partial charge in [-0.15, -0.1) is 0 Å². The lowest BCUT2D eigenvalue weighted by Crippen LogP contribution is -2.48. The molecule has 1 saturated heterocycles. The van der Waals surface area contributed by atoms with Crippen LogP contribution in [0.5, 0.6) is 0 Å². The summed E-state index contributed by atoms with van der Waals surface area (Å²) in [5, 5.41) is 9.23. The van der Waals surface area contributed by atoms with Gasteiger partial charge in [-0.25, -0.2) is 4.79 Å². The summed E-state index contributed by atoms with van der Waals surface area (Å²) in [6, 6.07) is 1.22. The van der Waals surface area contributed by atoms with Gasteiger partial charge in [0.1, 0.15) is 0 Å². The van der Waals surface area contributed by atoms with Crippen LogP contribution >= 0.6 is 0 Å². The van der Waals surface area contributed by atoms with E-state index < -0.39 is 49.9 Å². The second-order valence-corrected chi connectivity index (χ2v) is 13.2. The van der Waals surface area contributed by atoms with E-state index in [-0.39, 0.29) is 18.0 Å². The van der Waals surface area contributed by atoms with Gasteiger partial charge in [0.15, 0.2) is 14.5 Å². The first-order valence-corrected chi connectivity index (χ1v) is 11.8. The molecule has 4 atom stereocenters. The third kappa shape index (κ3) is 4.57. The minimum atomic E-state index is -2.31. The summed E-state index contributed by atoms with van der Waals surface area (Å²) in [6.07, 6.45) is -0.944. The summed E-state index contributed by atoms with van der Waals surface area (Å²) in [5.74, 6) is -1.49. The third-order valence-corrected chi connectivity index (χ3v) is 9.97. The van der Waals surface area contributed by atoms with E-state index in [1.165, 1.54) is 16.8 Å². The fourth-order valence-electron chi connectivity index (χ4n) is 2.97. The van der Waals surface area contributed by atoms with Crippen LogP contribution in [-0.4, -0.2) is 47.7 Å². The van der Waals surface area contributed by atoms with E-state index in [2.05, 4.69) is 25.8 Å². The summed E-state index contributed by atoms with van der Waals surface area (Å²) in [7, 11) is -2.31. The normalized spacial score (nSPS) is 26.3. The Hall–Kier alpha value is -1.75. The zero-order valence-electron chi connectivity index (χ0n) is 16.4. The number of rotatable bonds is 6. The molecule has 0 radical (unpaired) electrons. The molecule has 1 fully saturated rings. The van der Waals surface area contributed by atoms with Gasteiger partial charge in [0, 0.05) is 24.7 Å². The van der Waals surface area contributed by atoms with Gasteiger partial charge < -0.3 is 20.0 Å². The van der Waals surface area contributed by atoms with Crippen molar-refractivity contribution in [2.24, 2.45) is 11.7 Å². The van der Waals surface area contributed by atoms with Gasteiger partial charge in [0.2, 0.25) is 0 Å². The van der Waals surface area contributed by atoms with Crippen LogP contribution in [-0.2, 0) is 14.0 Å². The maximum Gasteiger partial charge on any atom is 0.330 e. The fraction of sp³-hybridized carbons (Fsp3) is 0.706. The molecule has 1 aliphatic heterocycles. The number of carbonyl (C=O) groups is 1. The highest BCUT2D eigenvalue weighted by molar-refractivity contribution is 6.74. The van der Waals surface area contributed by atoms with Gasteiger partial charge >= 0.3 is 11.7 Å². The van der Waals surface area contributed by atoms with Crippen LogP contribution in [0.4, 0.5) is 0 Å². The largest absolute Gasteiger partial charge is 0.481 e. The predicted octanol–water partition coefficient (Wildman–Crippen LogP) is 0.874. The van der Waals surface area contributed by atoms with E-state index in [4.69, 9.17) is 14.9 Å². The van der Waals surface area contributed by atoms with Gasteiger partial charge in [-0.1, -0.05) is 20.8 Å². The molecule has 0 aromatic carbocycles. The molecule has 4 N–H and O–H groups in total. The highest BCUT2D eigenvalue weighted by atomic mass is 28.4. The SMILES string of the molecule is CC(C)(C)[Si](C)(C)O[C@@H]1[C@H](CC(=O)O)[C@@H](CN)O[C@H]1n1ccc(=O)[nH]c1=O. The fourth-order valence-corrected chi connectivity index (χ4v) is 4.30. The molecule has 10 heteroatoms. The maximum absolute atomic E-state index is 12.3. The second-order valence-electron chi connectivity index (χ2n) is 8.42. The Morgan fingerprint density at radius 1 is 1.41 bits per heavy atom. The lowest BCUT2D eigenvalue weighted by atomic mass is 9.94. The maximum atomic E-state index is 12.3. The van der Waals surface area contributed by atoms with Gasteiger partial charge in [-0.3, -0.25) is 19.1 Å². The summed E-state index contributed by atoms with van der Waals surface area (Å²) in [6.45, 7) is 10.4. The van der Waals surface area contributed by atoms with Crippen molar-refractivity contribution in [1.29, 1.82) is 0 Å². The Bertz CT molecular complexity index is 797. The van der Waals surface area contributed by atoms with Crippen molar-refractivity contribution in [2.45, 2.75) is 63.8 Å². The van der Waals surface area contributed by atoms with E-state index in [1.807, 2.05) is 13.1 Å². The monoisotopic (exact) mass is 399 g/mol. The smallest absolute Gasteiger partial charge is 0.330 e. The molecule has 9 nitrogen and oxygen atoms in total. The van der Waals surface area contributed by atoms with E-state index in [1.54, 1.807) is 0 Å². The average Bonchev–Trinajstić information content (AvgIpc) is 2.83.